The van der Waals surface area contributed by atoms with Gasteiger partial charge in [0.25, 0.3) is 0 Å². The summed E-state index contributed by atoms with van der Waals surface area (Å²) in [4.78, 5) is 13.3. The molecule has 1 saturated heterocycles. The Labute approximate surface area is 256 Å². The van der Waals surface area contributed by atoms with Crippen LogP contribution in [0.1, 0.15) is 106 Å². The van der Waals surface area contributed by atoms with Gasteiger partial charge in [0.1, 0.15) is 19.2 Å². The van der Waals surface area contributed by atoms with Gasteiger partial charge in [-0.15, -0.1) is 0 Å². The summed E-state index contributed by atoms with van der Waals surface area (Å²) in [5, 5.41) is 10.8. The van der Waals surface area contributed by atoms with Crippen molar-refractivity contribution in [2.75, 3.05) is 46.5 Å². The van der Waals surface area contributed by atoms with Gasteiger partial charge in [0.15, 0.2) is 6.54 Å². The van der Waals surface area contributed by atoms with Gasteiger partial charge in [-0.25, -0.2) is 4.79 Å². The quantitative estimate of drug-likeness (QED) is 0.214. The average Bonchev–Trinajstić information content (AvgIpc) is 3.31. The summed E-state index contributed by atoms with van der Waals surface area (Å²) < 4.78 is 12.7. The second kappa shape index (κ2) is 10.3. The van der Waals surface area contributed by atoms with Crippen LogP contribution in [0.5, 0.6) is 0 Å². The number of quaternary nitrogens is 1. The molecule has 0 aromatic rings. The third-order valence-electron chi connectivity index (χ3n) is 15.8. The summed E-state index contributed by atoms with van der Waals surface area (Å²) in [6.07, 6.45) is 12.1. The van der Waals surface area contributed by atoms with Gasteiger partial charge in [0.2, 0.25) is 0 Å². The second-order valence-electron chi connectivity index (χ2n) is 17.9. The highest BCUT2D eigenvalue weighted by Crippen LogP contribution is 2.77. The Morgan fingerprint density at radius 2 is 1.62 bits per heavy atom. The summed E-state index contributed by atoms with van der Waals surface area (Å²) in [6, 6.07) is 0. The van der Waals surface area contributed by atoms with Gasteiger partial charge >= 0.3 is 5.97 Å². The van der Waals surface area contributed by atoms with Gasteiger partial charge in [-0.3, -0.25) is 0 Å². The lowest BCUT2D eigenvalue weighted by atomic mass is 9.32. The largest absolute Gasteiger partial charge is 0.458 e. The number of carbonyl (C=O) groups excluding carboxylic acids is 1. The zero-order valence-corrected chi connectivity index (χ0v) is 28.1. The lowest BCUT2D eigenvalue weighted by molar-refractivity contribution is -0.910. The third kappa shape index (κ3) is 4.36. The molecular weight excluding hydrogens is 522 g/mol. The number of hydrogen-bond donors (Lipinski definition) is 1. The molecular formula is C37H62NO4+. The number of fused-ring (bicyclic) bond motifs is 7. The first kappa shape index (κ1) is 31.1. The van der Waals surface area contributed by atoms with E-state index in [0.29, 0.717) is 53.6 Å². The van der Waals surface area contributed by atoms with E-state index in [1.54, 1.807) is 0 Å². The SMILES string of the molecule is C=C(C)[C@@H]1CC[C@]2(CO)CC[C@]3(C)C(CCC4[C@@]5(C)CCC(OC(=O)C[N+]6(C)CCOCC6)C(C)(C)C5CC[C@]43C)C12. The number of ether oxygens (including phenoxy) is 2. The summed E-state index contributed by atoms with van der Waals surface area (Å²) in [6.45, 7) is 23.6. The maximum Gasteiger partial charge on any atom is 0.362 e. The summed E-state index contributed by atoms with van der Waals surface area (Å²) in [5.41, 5.74) is 2.31. The van der Waals surface area contributed by atoms with Crippen molar-refractivity contribution in [1.82, 2.24) is 0 Å². The minimum absolute atomic E-state index is 0.00154. The molecule has 0 radical (unpaired) electrons. The predicted octanol–water partition coefficient (Wildman–Crippen LogP) is 7.02. The molecule has 5 nitrogen and oxygen atoms in total. The van der Waals surface area contributed by atoms with Crippen LogP contribution in [0.15, 0.2) is 12.2 Å². The van der Waals surface area contributed by atoms with E-state index in [0.717, 1.165) is 37.2 Å². The van der Waals surface area contributed by atoms with Crippen molar-refractivity contribution < 1.29 is 23.9 Å². The van der Waals surface area contributed by atoms with E-state index in [9.17, 15) is 9.90 Å². The standard InChI is InChI=1S/C37H62NO4/c1-25(2)26-11-16-37(24-39)18-17-35(6)27(32(26)37)9-10-29-34(5)14-13-30(33(3,4)28(34)12-15-36(29,35)7)42-31(40)23-38(8)19-21-41-22-20-38/h26-30,32,39H,1,9-24H2,2-8H3/q+1/t26-,27?,28?,29?,30?,32?,34-,35+,36+,37+/m0/s1. The fraction of sp³-hybridized carbons (Fsp3) is 0.919. The van der Waals surface area contributed by atoms with E-state index in [4.69, 9.17) is 9.47 Å². The van der Waals surface area contributed by atoms with Crippen LogP contribution in [0.4, 0.5) is 0 Å². The fourth-order valence-corrected chi connectivity index (χ4v) is 13.2. The monoisotopic (exact) mass is 584 g/mol. The molecule has 0 aromatic carbocycles. The van der Waals surface area contributed by atoms with Gasteiger partial charge in [0, 0.05) is 12.0 Å². The predicted molar refractivity (Wildman–Crippen MR) is 168 cm³/mol. The number of likely N-dealkylation sites (N-methyl/N-ethyl adjacent to an activating group) is 1. The van der Waals surface area contributed by atoms with Crippen molar-refractivity contribution in [3.05, 3.63) is 12.2 Å². The van der Waals surface area contributed by atoms with E-state index in [-0.39, 0.29) is 28.3 Å². The van der Waals surface area contributed by atoms with Gasteiger partial charge in [-0.05, 0) is 122 Å². The van der Waals surface area contributed by atoms with Crippen LogP contribution in [-0.2, 0) is 14.3 Å². The molecule has 0 amide bonds. The Kier molecular flexibility index (Phi) is 7.63. The van der Waals surface area contributed by atoms with E-state index >= 15 is 0 Å². The highest BCUT2D eigenvalue weighted by atomic mass is 16.5. The van der Waals surface area contributed by atoms with Crippen molar-refractivity contribution in [2.24, 2.45) is 56.7 Å². The van der Waals surface area contributed by atoms with Gasteiger partial charge in [-0.1, -0.05) is 46.8 Å². The first-order valence-corrected chi connectivity index (χ1v) is 17.5. The first-order valence-electron chi connectivity index (χ1n) is 17.5. The Bertz CT molecular complexity index is 1080. The van der Waals surface area contributed by atoms with Gasteiger partial charge < -0.3 is 19.1 Å². The Morgan fingerprint density at radius 1 is 0.905 bits per heavy atom. The molecule has 0 spiro atoms. The minimum Gasteiger partial charge on any atom is -0.458 e. The van der Waals surface area contributed by atoms with E-state index in [2.05, 4.69) is 55.2 Å². The zero-order valence-electron chi connectivity index (χ0n) is 28.1. The molecule has 0 bridgehead atoms. The van der Waals surface area contributed by atoms with Crippen molar-refractivity contribution in [2.45, 2.75) is 112 Å². The van der Waals surface area contributed by atoms with Crippen LogP contribution in [0.3, 0.4) is 0 Å². The molecule has 5 saturated carbocycles. The molecule has 238 valence electrons. The third-order valence-corrected chi connectivity index (χ3v) is 15.8. The number of morpholine rings is 1. The van der Waals surface area contributed by atoms with Crippen LogP contribution in [0, 0.1) is 56.7 Å². The lowest BCUT2D eigenvalue weighted by Crippen LogP contribution is -2.67. The number of aliphatic hydroxyl groups excluding tert-OH is 1. The molecule has 0 aromatic heterocycles. The van der Waals surface area contributed by atoms with Crippen LogP contribution in [-0.4, -0.2) is 68.2 Å². The fourth-order valence-electron chi connectivity index (χ4n) is 13.2. The van der Waals surface area contributed by atoms with E-state index in [1.165, 1.54) is 63.4 Å². The van der Waals surface area contributed by atoms with Crippen LogP contribution >= 0.6 is 0 Å². The molecule has 1 aliphatic heterocycles. The number of rotatable bonds is 5. The highest BCUT2D eigenvalue weighted by molar-refractivity contribution is 5.71. The van der Waals surface area contributed by atoms with Crippen molar-refractivity contribution in [3.8, 4) is 0 Å². The molecule has 42 heavy (non-hydrogen) atoms. The van der Waals surface area contributed by atoms with Crippen LogP contribution in [0.2, 0.25) is 0 Å². The molecule has 1 heterocycles. The number of nitrogens with zero attached hydrogens (tertiary/aromatic N) is 1. The van der Waals surface area contributed by atoms with Crippen LogP contribution in [0.25, 0.3) is 0 Å². The van der Waals surface area contributed by atoms with Gasteiger partial charge in [-0.2, -0.15) is 0 Å². The van der Waals surface area contributed by atoms with E-state index < -0.39 is 0 Å². The molecule has 5 unspecified atom stereocenters. The summed E-state index contributed by atoms with van der Waals surface area (Å²) in [5.74, 6) is 3.08. The summed E-state index contributed by atoms with van der Waals surface area (Å²) >= 11 is 0. The topological polar surface area (TPSA) is 55.8 Å². The normalized spacial score (nSPS) is 49.1. The molecule has 5 heteroatoms. The molecule has 10 atom stereocenters. The summed E-state index contributed by atoms with van der Waals surface area (Å²) in [7, 11) is 2.17. The maximum absolute atomic E-state index is 13.3. The smallest absolute Gasteiger partial charge is 0.362 e. The first-order chi connectivity index (χ1) is 19.7. The van der Waals surface area contributed by atoms with E-state index in [1.807, 2.05) is 0 Å². The van der Waals surface area contributed by atoms with Crippen molar-refractivity contribution in [3.63, 3.8) is 0 Å². The number of hydrogen-bond acceptors (Lipinski definition) is 4. The number of allylic oxidation sites excluding steroid dienone is 1. The molecule has 5 aliphatic carbocycles. The average molecular weight is 585 g/mol. The van der Waals surface area contributed by atoms with Crippen molar-refractivity contribution >= 4 is 5.97 Å². The molecule has 6 aliphatic rings. The van der Waals surface area contributed by atoms with Crippen molar-refractivity contribution in [1.29, 1.82) is 0 Å². The van der Waals surface area contributed by atoms with Gasteiger partial charge in [0.05, 0.1) is 20.3 Å². The number of carbonyl (C=O) groups is 1. The highest BCUT2D eigenvalue weighted by Gasteiger charge is 2.71. The Morgan fingerprint density at radius 3 is 2.29 bits per heavy atom. The van der Waals surface area contributed by atoms with Crippen LogP contribution < -0.4 is 0 Å². The number of esters is 1. The number of aliphatic hydroxyl groups is 1. The molecule has 6 fully saturated rings. The lowest BCUT2D eigenvalue weighted by Gasteiger charge is -2.73. The minimum atomic E-state index is -0.0273. The molecule has 1 N–H and O–H groups in total. The Balaban J connectivity index is 1.23. The molecule has 6 rings (SSSR count). The Hall–Kier alpha value is -0.910. The maximum atomic E-state index is 13.3. The second-order valence-corrected chi connectivity index (χ2v) is 17.9. The zero-order chi connectivity index (χ0) is 30.3.